The van der Waals surface area contributed by atoms with E-state index in [2.05, 4.69) is 10.4 Å². The van der Waals surface area contributed by atoms with Gasteiger partial charge in [-0.1, -0.05) is 0 Å². The molecule has 0 unspecified atom stereocenters. The van der Waals surface area contributed by atoms with Crippen LogP contribution < -0.4 is 11.1 Å². The first-order valence-electron chi connectivity index (χ1n) is 7.67. The highest BCUT2D eigenvalue weighted by atomic mass is 16.1. The molecule has 2 aliphatic carbocycles. The number of nitrogens with zero attached hydrogens (tertiary/aromatic N) is 2. The Morgan fingerprint density at radius 2 is 2.30 bits per heavy atom. The van der Waals surface area contributed by atoms with Gasteiger partial charge in [0.15, 0.2) is 0 Å². The van der Waals surface area contributed by atoms with Gasteiger partial charge < -0.3 is 11.1 Å². The van der Waals surface area contributed by atoms with Gasteiger partial charge in [0.2, 0.25) is 0 Å². The van der Waals surface area contributed by atoms with Crippen LogP contribution >= 0.6 is 0 Å². The molecule has 2 aliphatic rings. The number of aryl methyl sites for hydroxylation is 1. The van der Waals surface area contributed by atoms with E-state index in [0.29, 0.717) is 17.5 Å². The maximum Gasteiger partial charge on any atom is 0.254 e. The highest BCUT2D eigenvalue weighted by Gasteiger charge is 2.53. The van der Waals surface area contributed by atoms with Crippen molar-refractivity contribution in [2.24, 2.45) is 17.1 Å². The second kappa shape index (κ2) is 5.20. The molecule has 110 valence electrons. The highest BCUT2D eigenvalue weighted by Crippen LogP contribution is 2.60. The minimum atomic E-state index is 0.0217. The van der Waals surface area contributed by atoms with Gasteiger partial charge in [-0.2, -0.15) is 5.10 Å². The SMILES string of the molecule is Cc1c(C(=O)NCC2(C3CC3)CC2)cnn1CCCN. The van der Waals surface area contributed by atoms with Gasteiger partial charge in [0.05, 0.1) is 11.8 Å². The van der Waals surface area contributed by atoms with E-state index in [9.17, 15) is 4.79 Å². The molecule has 5 heteroatoms. The van der Waals surface area contributed by atoms with Crippen molar-refractivity contribution >= 4 is 5.91 Å². The van der Waals surface area contributed by atoms with E-state index in [1.54, 1.807) is 6.20 Å². The zero-order chi connectivity index (χ0) is 14.2. The van der Waals surface area contributed by atoms with Crippen LogP contribution in [0.3, 0.4) is 0 Å². The number of rotatable bonds is 7. The van der Waals surface area contributed by atoms with Gasteiger partial charge in [-0.15, -0.1) is 0 Å². The fourth-order valence-electron chi connectivity index (χ4n) is 3.07. The maximum absolute atomic E-state index is 12.3. The first-order chi connectivity index (χ1) is 9.66. The average molecular weight is 276 g/mol. The van der Waals surface area contributed by atoms with Crippen molar-refractivity contribution in [3.8, 4) is 0 Å². The Balaban J connectivity index is 1.58. The number of aromatic nitrogens is 2. The minimum absolute atomic E-state index is 0.0217. The Labute approximate surface area is 119 Å². The summed E-state index contributed by atoms with van der Waals surface area (Å²) in [6.45, 7) is 4.21. The monoisotopic (exact) mass is 276 g/mol. The molecular weight excluding hydrogens is 252 g/mol. The molecule has 0 radical (unpaired) electrons. The molecule has 0 atom stereocenters. The van der Waals surface area contributed by atoms with Crippen LogP contribution in [-0.2, 0) is 6.54 Å². The van der Waals surface area contributed by atoms with Crippen LogP contribution in [0.1, 0.15) is 48.2 Å². The Kier molecular flexibility index (Phi) is 3.54. The van der Waals surface area contributed by atoms with Gasteiger partial charge in [-0.05, 0) is 56.9 Å². The third kappa shape index (κ3) is 2.59. The van der Waals surface area contributed by atoms with E-state index >= 15 is 0 Å². The van der Waals surface area contributed by atoms with E-state index in [-0.39, 0.29) is 5.91 Å². The summed E-state index contributed by atoms with van der Waals surface area (Å²) in [6, 6.07) is 0. The molecule has 1 aromatic rings. The lowest BCUT2D eigenvalue weighted by Crippen LogP contribution is -2.31. The lowest BCUT2D eigenvalue weighted by atomic mass is 10.0. The molecule has 0 saturated heterocycles. The molecule has 1 heterocycles. The number of carbonyl (C=O) groups is 1. The summed E-state index contributed by atoms with van der Waals surface area (Å²) in [5.41, 5.74) is 7.59. The molecule has 1 aromatic heterocycles. The van der Waals surface area contributed by atoms with Crippen molar-refractivity contribution in [2.45, 2.75) is 45.6 Å². The quantitative estimate of drug-likeness (QED) is 0.792. The second-order valence-electron chi connectivity index (χ2n) is 6.33. The summed E-state index contributed by atoms with van der Waals surface area (Å²) in [7, 11) is 0. The van der Waals surface area contributed by atoms with Crippen LogP contribution in [0.4, 0.5) is 0 Å². The Morgan fingerprint density at radius 1 is 1.55 bits per heavy atom. The Hall–Kier alpha value is -1.36. The third-order valence-corrected chi connectivity index (χ3v) is 4.86. The molecule has 0 aliphatic heterocycles. The number of hydrogen-bond donors (Lipinski definition) is 2. The van der Waals surface area contributed by atoms with Gasteiger partial charge in [0.1, 0.15) is 0 Å². The molecular formula is C15H24N4O. The first kappa shape index (κ1) is 13.6. The number of hydrogen-bond acceptors (Lipinski definition) is 3. The van der Waals surface area contributed by atoms with Crippen molar-refractivity contribution in [1.29, 1.82) is 0 Å². The standard InChI is InChI=1S/C15H24N4O/c1-11-13(9-18-19(11)8-2-7-16)14(20)17-10-15(5-6-15)12-3-4-12/h9,12H,2-8,10,16H2,1H3,(H,17,20). The Morgan fingerprint density at radius 3 is 2.90 bits per heavy atom. The summed E-state index contributed by atoms with van der Waals surface area (Å²) < 4.78 is 1.87. The lowest BCUT2D eigenvalue weighted by molar-refractivity contribution is 0.0942. The third-order valence-electron chi connectivity index (χ3n) is 4.86. The molecule has 1 amide bonds. The number of amides is 1. The van der Waals surface area contributed by atoms with E-state index in [0.717, 1.165) is 31.1 Å². The molecule has 3 rings (SSSR count). The normalized spacial score (nSPS) is 19.9. The van der Waals surface area contributed by atoms with Gasteiger partial charge in [0, 0.05) is 18.8 Å². The first-order valence-corrected chi connectivity index (χ1v) is 7.67. The average Bonchev–Trinajstić information content (AvgIpc) is 3.33. The number of carbonyl (C=O) groups excluding carboxylic acids is 1. The highest BCUT2D eigenvalue weighted by molar-refractivity contribution is 5.95. The Bertz CT molecular complexity index is 500. The molecule has 0 bridgehead atoms. The van der Waals surface area contributed by atoms with Crippen molar-refractivity contribution in [3.63, 3.8) is 0 Å². The summed E-state index contributed by atoms with van der Waals surface area (Å²) in [6.07, 6.45) is 7.84. The van der Waals surface area contributed by atoms with Gasteiger partial charge in [0.25, 0.3) is 5.91 Å². The van der Waals surface area contributed by atoms with Crippen LogP contribution in [0.5, 0.6) is 0 Å². The molecule has 0 spiro atoms. The largest absolute Gasteiger partial charge is 0.351 e. The second-order valence-corrected chi connectivity index (χ2v) is 6.33. The van der Waals surface area contributed by atoms with Gasteiger partial charge in [-0.25, -0.2) is 0 Å². The predicted octanol–water partition coefficient (Wildman–Crippen LogP) is 1.46. The fourth-order valence-corrected chi connectivity index (χ4v) is 3.07. The summed E-state index contributed by atoms with van der Waals surface area (Å²) in [4.78, 5) is 12.3. The van der Waals surface area contributed by atoms with Crippen LogP contribution in [0.15, 0.2) is 6.20 Å². The number of nitrogens with two attached hydrogens (primary N) is 1. The smallest absolute Gasteiger partial charge is 0.254 e. The zero-order valence-corrected chi connectivity index (χ0v) is 12.2. The van der Waals surface area contributed by atoms with Crippen molar-refractivity contribution in [1.82, 2.24) is 15.1 Å². The zero-order valence-electron chi connectivity index (χ0n) is 12.2. The van der Waals surface area contributed by atoms with Crippen LogP contribution in [0.2, 0.25) is 0 Å². The van der Waals surface area contributed by atoms with Crippen LogP contribution in [-0.4, -0.2) is 28.8 Å². The van der Waals surface area contributed by atoms with Gasteiger partial charge in [-0.3, -0.25) is 9.48 Å². The van der Waals surface area contributed by atoms with E-state index in [1.165, 1.54) is 25.7 Å². The lowest BCUT2D eigenvalue weighted by Gasteiger charge is -2.14. The van der Waals surface area contributed by atoms with Crippen molar-refractivity contribution in [3.05, 3.63) is 17.5 Å². The van der Waals surface area contributed by atoms with E-state index in [1.807, 2.05) is 11.6 Å². The van der Waals surface area contributed by atoms with Gasteiger partial charge >= 0.3 is 0 Å². The van der Waals surface area contributed by atoms with Crippen LogP contribution in [0.25, 0.3) is 0 Å². The van der Waals surface area contributed by atoms with Crippen molar-refractivity contribution < 1.29 is 4.79 Å². The summed E-state index contributed by atoms with van der Waals surface area (Å²) in [5.74, 6) is 0.893. The van der Waals surface area contributed by atoms with E-state index in [4.69, 9.17) is 5.73 Å². The van der Waals surface area contributed by atoms with E-state index < -0.39 is 0 Å². The summed E-state index contributed by atoms with van der Waals surface area (Å²) >= 11 is 0. The topological polar surface area (TPSA) is 72.9 Å². The molecule has 5 nitrogen and oxygen atoms in total. The molecule has 3 N–H and O–H groups in total. The molecule has 2 saturated carbocycles. The maximum atomic E-state index is 12.3. The van der Waals surface area contributed by atoms with Crippen LogP contribution in [0, 0.1) is 18.3 Å². The van der Waals surface area contributed by atoms with Crippen molar-refractivity contribution in [2.75, 3.05) is 13.1 Å². The molecule has 0 aromatic carbocycles. The number of nitrogens with one attached hydrogen (secondary N) is 1. The summed E-state index contributed by atoms with van der Waals surface area (Å²) in [5, 5.41) is 7.40. The minimum Gasteiger partial charge on any atom is -0.351 e. The molecule has 20 heavy (non-hydrogen) atoms. The fraction of sp³-hybridized carbons (Fsp3) is 0.733. The molecule has 2 fully saturated rings. The predicted molar refractivity (Wildman–Crippen MR) is 77.4 cm³/mol.